The minimum Gasteiger partial charge on any atom is -0.378 e. The lowest BCUT2D eigenvalue weighted by molar-refractivity contribution is 0.0758. The van der Waals surface area contributed by atoms with Gasteiger partial charge in [-0.2, -0.15) is 4.98 Å². The molecule has 0 N–H and O–H groups in total. The van der Waals surface area contributed by atoms with E-state index in [2.05, 4.69) is 4.90 Å². The van der Waals surface area contributed by atoms with Crippen LogP contribution in [0.3, 0.4) is 0 Å². The molecule has 2 aliphatic heterocycles. The van der Waals surface area contributed by atoms with Crippen LogP contribution in [-0.4, -0.2) is 74.3 Å². The largest absolute Gasteiger partial charge is 0.378 e. The first-order chi connectivity index (χ1) is 14.0. The number of hydrogen-bond acceptors (Lipinski definition) is 6. The Labute approximate surface area is 170 Å². The third kappa shape index (κ3) is 4.03. The lowest BCUT2D eigenvalue weighted by Gasteiger charge is -2.28. The molecule has 1 amide bonds. The second-order valence-corrected chi connectivity index (χ2v) is 7.54. The average molecular weight is 399 g/mol. The maximum absolute atomic E-state index is 14.1. The Kier molecular flexibility index (Phi) is 5.62. The van der Waals surface area contributed by atoms with Crippen LogP contribution in [-0.2, 0) is 17.6 Å². The van der Waals surface area contributed by atoms with Crippen LogP contribution in [0, 0.1) is 5.82 Å². The summed E-state index contributed by atoms with van der Waals surface area (Å²) in [4.78, 5) is 28.4. The topological polar surface area (TPSA) is 61.8 Å². The second kappa shape index (κ2) is 8.32. The highest BCUT2D eigenvalue weighted by molar-refractivity contribution is 5.94. The van der Waals surface area contributed by atoms with Crippen LogP contribution in [0.5, 0.6) is 0 Å². The number of carbonyl (C=O) groups excluding carboxylic acids is 1. The molecule has 4 rings (SSSR count). The molecule has 1 saturated heterocycles. The number of ether oxygens (including phenoxy) is 1. The molecular formula is C21H26FN5O2. The summed E-state index contributed by atoms with van der Waals surface area (Å²) in [7, 11) is 3.94. The summed E-state index contributed by atoms with van der Waals surface area (Å²) in [5, 5.41) is 0. The van der Waals surface area contributed by atoms with Crippen LogP contribution in [0.25, 0.3) is 0 Å². The van der Waals surface area contributed by atoms with Gasteiger partial charge in [0.1, 0.15) is 11.6 Å². The summed E-state index contributed by atoms with van der Waals surface area (Å²) in [6.45, 7) is 3.90. The van der Waals surface area contributed by atoms with Crippen molar-refractivity contribution in [2.24, 2.45) is 0 Å². The summed E-state index contributed by atoms with van der Waals surface area (Å²) in [5.74, 6) is 0.840. The number of amides is 1. The van der Waals surface area contributed by atoms with Crippen molar-refractivity contribution in [3.8, 4) is 0 Å². The van der Waals surface area contributed by atoms with Gasteiger partial charge in [-0.15, -0.1) is 0 Å². The van der Waals surface area contributed by atoms with Crippen molar-refractivity contribution in [2.75, 3.05) is 63.3 Å². The van der Waals surface area contributed by atoms with E-state index in [9.17, 15) is 9.18 Å². The number of rotatable bonds is 3. The normalized spacial score (nSPS) is 16.9. The van der Waals surface area contributed by atoms with Crippen LogP contribution in [0.15, 0.2) is 24.3 Å². The molecule has 29 heavy (non-hydrogen) atoms. The predicted octanol–water partition coefficient (Wildman–Crippen LogP) is 1.76. The maximum Gasteiger partial charge on any atom is 0.256 e. The highest BCUT2D eigenvalue weighted by atomic mass is 19.1. The molecule has 0 spiro atoms. The van der Waals surface area contributed by atoms with Gasteiger partial charge in [0.2, 0.25) is 5.95 Å². The van der Waals surface area contributed by atoms with Crippen molar-refractivity contribution in [1.29, 1.82) is 0 Å². The van der Waals surface area contributed by atoms with E-state index in [0.29, 0.717) is 45.1 Å². The number of carbonyl (C=O) groups is 1. The fourth-order valence-electron chi connectivity index (χ4n) is 3.85. The number of benzene rings is 1. The Morgan fingerprint density at radius 3 is 2.52 bits per heavy atom. The van der Waals surface area contributed by atoms with Crippen molar-refractivity contribution in [1.82, 2.24) is 14.9 Å². The van der Waals surface area contributed by atoms with E-state index in [1.54, 1.807) is 17.0 Å². The molecule has 0 radical (unpaired) electrons. The summed E-state index contributed by atoms with van der Waals surface area (Å²) in [5.41, 5.74) is 2.15. The molecule has 1 aromatic heterocycles. The molecule has 154 valence electrons. The first kappa shape index (κ1) is 19.6. The van der Waals surface area contributed by atoms with Gasteiger partial charge in [-0.1, -0.05) is 12.1 Å². The van der Waals surface area contributed by atoms with E-state index in [4.69, 9.17) is 14.7 Å². The molecule has 1 aromatic carbocycles. The van der Waals surface area contributed by atoms with Crippen molar-refractivity contribution in [3.05, 3.63) is 46.9 Å². The van der Waals surface area contributed by atoms with Gasteiger partial charge in [-0.25, -0.2) is 9.37 Å². The minimum atomic E-state index is -0.484. The van der Waals surface area contributed by atoms with E-state index < -0.39 is 5.82 Å². The highest BCUT2D eigenvalue weighted by Crippen LogP contribution is 2.27. The van der Waals surface area contributed by atoms with Crippen molar-refractivity contribution < 1.29 is 13.9 Å². The third-order valence-corrected chi connectivity index (χ3v) is 5.42. The fraction of sp³-hybridized carbons (Fsp3) is 0.476. The van der Waals surface area contributed by atoms with E-state index in [0.717, 1.165) is 30.2 Å². The van der Waals surface area contributed by atoms with E-state index in [1.165, 1.54) is 12.1 Å². The zero-order valence-electron chi connectivity index (χ0n) is 16.9. The van der Waals surface area contributed by atoms with Gasteiger partial charge in [0.05, 0.1) is 24.5 Å². The SMILES string of the molecule is CN(C)c1nc(N2CCOCC2)nc2c1CCN(C(=O)c1ccccc1F)CC2. The van der Waals surface area contributed by atoms with Crippen LogP contribution in [0.4, 0.5) is 16.2 Å². The Balaban J connectivity index is 1.61. The van der Waals surface area contributed by atoms with Gasteiger partial charge in [0.25, 0.3) is 5.91 Å². The predicted molar refractivity (Wildman–Crippen MR) is 109 cm³/mol. The van der Waals surface area contributed by atoms with Crippen molar-refractivity contribution in [3.63, 3.8) is 0 Å². The smallest absolute Gasteiger partial charge is 0.256 e. The van der Waals surface area contributed by atoms with Crippen molar-refractivity contribution >= 4 is 17.7 Å². The second-order valence-electron chi connectivity index (χ2n) is 7.54. The van der Waals surface area contributed by atoms with Gasteiger partial charge >= 0.3 is 0 Å². The van der Waals surface area contributed by atoms with Gasteiger partial charge in [0.15, 0.2) is 0 Å². The molecule has 2 aliphatic rings. The van der Waals surface area contributed by atoms with E-state index in [-0.39, 0.29) is 11.5 Å². The minimum absolute atomic E-state index is 0.117. The molecule has 2 aromatic rings. The standard InChI is InChI=1S/C21H26FN5O2/c1-25(2)19-16-7-9-26(20(28)15-5-3-4-6-17(15)22)10-8-18(16)23-21(24-19)27-11-13-29-14-12-27/h3-6H,7-14H2,1-2H3. The quantitative estimate of drug-likeness (QED) is 0.784. The Bertz CT molecular complexity index is 899. The van der Waals surface area contributed by atoms with Gasteiger partial charge in [-0.3, -0.25) is 4.79 Å². The molecule has 0 unspecified atom stereocenters. The fourth-order valence-corrected chi connectivity index (χ4v) is 3.85. The summed E-state index contributed by atoms with van der Waals surface area (Å²) in [6, 6.07) is 6.14. The van der Waals surface area contributed by atoms with Crippen LogP contribution in [0.2, 0.25) is 0 Å². The molecular weight excluding hydrogens is 373 g/mol. The lowest BCUT2D eigenvalue weighted by Crippen LogP contribution is -2.38. The van der Waals surface area contributed by atoms with E-state index in [1.807, 2.05) is 19.0 Å². The van der Waals surface area contributed by atoms with Gasteiger partial charge < -0.3 is 19.4 Å². The molecule has 0 aliphatic carbocycles. The zero-order valence-corrected chi connectivity index (χ0v) is 16.9. The van der Waals surface area contributed by atoms with E-state index >= 15 is 0 Å². The summed E-state index contributed by atoms with van der Waals surface area (Å²) < 4.78 is 19.5. The summed E-state index contributed by atoms with van der Waals surface area (Å²) >= 11 is 0. The lowest BCUT2D eigenvalue weighted by atomic mass is 10.1. The number of fused-ring (bicyclic) bond motifs is 1. The Morgan fingerprint density at radius 2 is 1.79 bits per heavy atom. The maximum atomic E-state index is 14.1. The molecule has 7 nitrogen and oxygen atoms in total. The van der Waals surface area contributed by atoms with Gasteiger partial charge in [-0.05, 0) is 18.6 Å². The summed E-state index contributed by atoms with van der Waals surface area (Å²) in [6.07, 6.45) is 1.27. The molecule has 0 atom stereocenters. The van der Waals surface area contributed by atoms with Crippen LogP contribution < -0.4 is 9.80 Å². The Hall–Kier alpha value is -2.74. The first-order valence-corrected chi connectivity index (χ1v) is 9.98. The molecule has 0 bridgehead atoms. The molecule has 0 saturated carbocycles. The monoisotopic (exact) mass is 399 g/mol. The zero-order chi connectivity index (χ0) is 20.4. The Morgan fingerprint density at radius 1 is 1.07 bits per heavy atom. The highest BCUT2D eigenvalue weighted by Gasteiger charge is 2.26. The average Bonchev–Trinajstić information content (AvgIpc) is 2.96. The number of halogens is 1. The van der Waals surface area contributed by atoms with Gasteiger partial charge in [0, 0.05) is 52.3 Å². The number of nitrogens with zero attached hydrogens (tertiary/aromatic N) is 5. The molecule has 1 fully saturated rings. The number of anilines is 2. The number of hydrogen-bond donors (Lipinski definition) is 0. The van der Waals surface area contributed by atoms with Crippen LogP contribution >= 0.6 is 0 Å². The first-order valence-electron chi connectivity index (χ1n) is 9.98. The van der Waals surface area contributed by atoms with Crippen molar-refractivity contribution in [2.45, 2.75) is 12.8 Å². The molecule has 3 heterocycles. The van der Waals surface area contributed by atoms with Crippen LogP contribution in [0.1, 0.15) is 21.6 Å². The number of morpholine rings is 1. The molecule has 8 heteroatoms. The third-order valence-electron chi connectivity index (χ3n) is 5.42. The number of aromatic nitrogens is 2.